The van der Waals surface area contributed by atoms with Gasteiger partial charge in [0.1, 0.15) is 5.56 Å². The van der Waals surface area contributed by atoms with E-state index in [0.29, 0.717) is 31.1 Å². The molecule has 2 aromatic rings. The monoisotopic (exact) mass is 390 g/mol. The third kappa shape index (κ3) is 4.56. The Balaban J connectivity index is 1.69. The van der Waals surface area contributed by atoms with Gasteiger partial charge in [0.2, 0.25) is 5.88 Å². The zero-order valence-corrected chi connectivity index (χ0v) is 16.8. The quantitative estimate of drug-likeness (QED) is 0.723. The summed E-state index contributed by atoms with van der Waals surface area (Å²) in [5.41, 5.74) is 1.58. The first-order valence-electron chi connectivity index (χ1n) is 9.63. The highest BCUT2D eigenvalue weighted by atomic mass is 35.5. The number of aromatic nitrogens is 2. The minimum atomic E-state index is -0.0118. The Morgan fingerprint density at radius 2 is 1.89 bits per heavy atom. The average molecular weight is 391 g/mol. The fourth-order valence-electron chi connectivity index (χ4n) is 3.23. The zero-order valence-electron chi connectivity index (χ0n) is 16.0. The third-order valence-electron chi connectivity index (χ3n) is 4.61. The molecule has 1 aliphatic heterocycles. The van der Waals surface area contributed by atoms with E-state index < -0.39 is 0 Å². The summed E-state index contributed by atoms with van der Waals surface area (Å²) in [6, 6.07) is 7.83. The van der Waals surface area contributed by atoms with Gasteiger partial charge in [0.05, 0.1) is 17.3 Å². The first kappa shape index (κ1) is 19.5. The maximum absolute atomic E-state index is 13.1. The van der Waals surface area contributed by atoms with E-state index in [1.807, 2.05) is 42.3 Å². The molecule has 0 N–H and O–H groups in total. The van der Waals surface area contributed by atoms with Crippen molar-refractivity contribution >= 4 is 23.2 Å². The van der Waals surface area contributed by atoms with E-state index in [9.17, 15) is 4.79 Å². The number of benzene rings is 1. The van der Waals surface area contributed by atoms with Crippen molar-refractivity contribution in [2.75, 3.05) is 37.7 Å². The summed E-state index contributed by atoms with van der Waals surface area (Å²) < 4.78 is 7.53. The Bertz CT molecular complexity index is 769. The smallest absolute Gasteiger partial charge is 0.261 e. The minimum absolute atomic E-state index is 0.0118. The third-order valence-corrected chi connectivity index (χ3v) is 4.93. The van der Waals surface area contributed by atoms with E-state index >= 15 is 0 Å². The normalized spacial score (nSPS) is 14.5. The summed E-state index contributed by atoms with van der Waals surface area (Å²) in [6.07, 6.45) is 3.65. The van der Waals surface area contributed by atoms with Crippen LogP contribution in [0.2, 0.25) is 5.02 Å². The van der Waals surface area contributed by atoms with Gasteiger partial charge in [-0.3, -0.25) is 9.48 Å². The van der Waals surface area contributed by atoms with E-state index in [1.54, 1.807) is 4.68 Å². The number of carbonyl (C=O) groups excluding carboxylic acids is 1. The molecule has 1 aromatic carbocycles. The van der Waals surface area contributed by atoms with Crippen molar-refractivity contribution in [2.24, 2.45) is 0 Å². The summed E-state index contributed by atoms with van der Waals surface area (Å²) >= 11 is 6.30. The van der Waals surface area contributed by atoms with Gasteiger partial charge in [-0.2, -0.15) is 0 Å². The number of amides is 1. The molecule has 0 aliphatic carbocycles. The molecule has 7 heteroatoms. The molecule has 1 fully saturated rings. The molecule has 2 heterocycles. The van der Waals surface area contributed by atoms with Crippen LogP contribution in [0.1, 0.15) is 37.0 Å². The molecule has 0 atom stereocenters. The number of anilines is 1. The summed E-state index contributed by atoms with van der Waals surface area (Å²) in [7, 11) is 0. The van der Waals surface area contributed by atoms with Crippen molar-refractivity contribution in [1.82, 2.24) is 14.7 Å². The van der Waals surface area contributed by atoms with Crippen molar-refractivity contribution in [3.63, 3.8) is 0 Å². The van der Waals surface area contributed by atoms with E-state index in [1.165, 1.54) is 0 Å². The van der Waals surface area contributed by atoms with Crippen LogP contribution in [0.25, 0.3) is 0 Å². The SMILES string of the molecule is CCCOc1nn(CCC)cc1C(=O)N1CCN(c2ccccc2Cl)CC1. The van der Waals surface area contributed by atoms with Gasteiger partial charge < -0.3 is 14.5 Å². The molecule has 3 rings (SSSR count). The Labute approximate surface area is 165 Å². The molecule has 0 spiro atoms. The van der Waals surface area contributed by atoms with Crippen LogP contribution in [0, 0.1) is 0 Å². The molecule has 1 saturated heterocycles. The number of aryl methyl sites for hydroxylation is 1. The van der Waals surface area contributed by atoms with Crippen LogP contribution in [0.3, 0.4) is 0 Å². The maximum atomic E-state index is 13.1. The van der Waals surface area contributed by atoms with Crippen LogP contribution in [0.4, 0.5) is 5.69 Å². The Hall–Kier alpha value is -2.21. The Kier molecular flexibility index (Phi) is 6.61. The van der Waals surface area contributed by atoms with Gasteiger partial charge in [-0.1, -0.05) is 37.6 Å². The van der Waals surface area contributed by atoms with E-state index in [0.717, 1.165) is 43.2 Å². The lowest BCUT2D eigenvalue weighted by molar-refractivity contribution is 0.0742. The highest BCUT2D eigenvalue weighted by Crippen LogP contribution is 2.27. The standard InChI is InChI=1S/C20H27ClN4O2/c1-3-9-25-15-16(19(22-25)27-14-4-2)20(26)24-12-10-23(11-13-24)18-8-6-5-7-17(18)21/h5-8,15H,3-4,9-14H2,1-2H3. The van der Waals surface area contributed by atoms with Crippen LogP contribution in [0.5, 0.6) is 5.88 Å². The largest absolute Gasteiger partial charge is 0.476 e. The molecule has 1 aromatic heterocycles. The number of carbonyl (C=O) groups is 1. The lowest BCUT2D eigenvalue weighted by Gasteiger charge is -2.36. The lowest BCUT2D eigenvalue weighted by atomic mass is 10.2. The molecule has 0 bridgehead atoms. The van der Waals surface area contributed by atoms with Crippen molar-refractivity contribution < 1.29 is 9.53 Å². The zero-order chi connectivity index (χ0) is 19.2. The fraction of sp³-hybridized carbons (Fsp3) is 0.500. The molecule has 27 heavy (non-hydrogen) atoms. The highest BCUT2D eigenvalue weighted by Gasteiger charge is 2.27. The Morgan fingerprint density at radius 1 is 1.15 bits per heavy atom. The fourth-order valence-corrected chi connectivity index (χ4v) is 3.48. The summed E-state index contributed by atoms with van der Waals surface area (Å²) in [6.45, 7) is 8.27. The van der Waals surface area contributed by atoms with Crippen LogP contribution in [0.15, 0.2) is 30.5 Å². The van der Waals surface area contributed by atoms with E-state index in [4.69, 9.17) is 16.3 Å². The van der Waals surface area contributed by atoms with E-state index in [2.05, 4.69) is 16.9 Å². The number of ether oxygens (including phenoxy) is 1. The second-order valence-corrected chi connectivity index (χ2v) is 7.10. The van der Waals surface area contributed by atoms with Crippen LogP contribution < -0.4 is 9.64 Å². The lowest BCUT2D eigenvalue weighted by Crippen LogP contribution is -2.48. The number of rotatable bonds is 7. The average Bonchev–Trinajstić information content (AvgIpc) is 3.09. The number of nitrogens with zero attached hydrogens (tertiary/aromatic N) is 4. The topological polar surface area (TPSA) is 50.6 Å². The van der Waals surface area contributed by atoms with E-state index in [-0.39, 0.29) is 5.91 Å². The number of hydrogen-bond acceptors (Lipinski definition) is 4. The molecule has 6 nitrogen and oxygen atoms in total. The number of hydrogen-bond donors (Lipinski definition) is 0. The second-order valence-electron chi connectivity index (χ2n) is 6.69. The molecule has 146 valence electrons. The van der Waals surface area contributed by atoms with Crippen LogP contribution in [-0.2, 0) is 6.54 Å². The molecule has 1 aliphatic rings. The second kappa shape index (κ2) is 9.13. The van der Waals surface area contributed by atoms with Gasteiger partial charge in [0.15, 0.2) is 0 Å². The van der Waals surface area contributed by atoms with Crippen molar-refractivity contribution in [1.29, 1.82) is 0 Å². The van der Waals surface area contributed by atoms with Gasteiger partial charge in [-0.05, 0) is 25.0 Å². The maximum Gasteiger partial charge on any atom is 0.261 e. The summed E-state index contributed by atoms with van der Waals surface area (Å²) in [4.78, 5) is 17.2. The van der Waals surface area contributed by atoms with Crippen molar-refractivity contribution in [3.05, 3.63) is 41.0 Å². The summed E-state index contributed by atoms with van der Waals surface area (Å²) in [5, 5.41) is 5.19. The van der Waals surface area contributed by atoms with Crippen molar-refractivity contribution in [3.8, 4) is 5.88 Å². The predicted molar refractivity (Wildman–Crippen MR) is 108 cm³/mol. The Morgan fingerprint density at radius 3 is 2.56 bits per heavy atom. The summed E-state index contributed by atoms with van der Waals surface area (Å²) in [5.74, 6) is 0.436. The molecule has 0 unspecified atom stereocenters. The van der Waals surface area contributed by atoms with Gasteiger partial charge >= 0.3 is 0 Å². The van der Waals surface area contributed by atoms with Crippen LogP contribution in [-0.4, -0.2) is 53.4 Å². The number of halogens is 1. The van der Waals surface area contributed by atoms with Gasteiger partial charge in [-0.25, -0.2) is 0 Å². The molecular weight excluding hydrogens is 364 g/mol. The minimum Gasteiger partial charge on any atom is -0.476 e. The molecule has 0 saturated carbocycles. The molecule has 0 radical (unpaired) electrons. The molecular formula is C20H27ClN4O2. The number of piperazine rings is 1. The van der Waals surface area contributed by atoms with Crippen molar-refractivity contribution in [2.45, 2.75) is 33.2 Å². The van der Waals surface area contributed by atoms with Gasteiger partial charge in [0, 0.05) is 38.9 Å². The highest BCUT2D eigenvalue weighted by molar-refractivity contribution is 6.33. The first-order chi connectivity index (χ1) is 13.1. The van der Waals surface area contributed by atoms with Crippen LogP contribution >= 0.6 is 11.6 Å². The molecule has 1 amide bonds. The number of para-hydroxylation sites is 1. The van der Waals surface area contributed by atoms with Gasteiger partial charge in [0.25, 0.3) is 5.91 Å². The predicted octanol–water partition coefficient (Wildman–Crippen LogP) is 3.70. The van der Waals surface area contributed by atoms with Gasteiger partial charge in [-0.15, -0.1) is 5.10 Å². The first-order valence-corrected chi connectivity index (χ1v) is 10.0.